The third-order valence-electron chi connectivity index (χ3n) is 2.06. The zero-order valence-electron chi connectivity index (χ0n) is 7.16. The van der Waals surface area contributed by atoms with Crippen molar-refractivity contribution in [2.45, 2.75) is 6.10 Å². The standard InChI is InChI=1S/C9H4BrIO4/c10-4-2-1-3-5(6(4)11)7(8(12)13)15-9(3)14/h1-2,7H,(H,12,13). The topological polar surface area (TPSA) is 63.6 Å². The van der Waals surface area contributed by atoms with Crippen molar-refractivity contribution >= 4 is 50.5 Å². The summed E-state index contributed by atoms with van der Waals surface area (Å²) < 4.78 is 6.22. The molecule has 6 heteroatoms. The molecule has 78 valence electrons. The van der Waals surface area contributed by atoms with E-state index < -0.39 is 18.0 Å². The number of carbonyl (C=O) groups excluding carboxylic acids is 1. The summed E-state index contributed by atoms with van der Waals surface area (Å²) >= 11 is 5.26. The Hall–Kier alpha value is -0.630. The Balaban J connectivity index is 2.67. The lowest BCUT2D eigenvalue weighted by Crippen LogP contribution is -2.11. The highest BCUT2D eigenvalue weighted by Gasteiger charge is 2.38. The van der Waals surface area contributed by atoms with Crippen LogP contribution in [0, 0.1) is 3.57 Å². The number of rotatable bonds is 1. The molecule has 1 N–H and O–H groups in total. The third kappa shape index (κ3) is 1.65. The van der Waals surface area contributed by atoms with E-state index in [9.17, 15) is 9.59 Å². The first-order valence-corrected chi connectivity index (χ1v) is 5.81. The number of hydrogen-bond donors (Lipinski definition) is 1. The molecule has 0 radical (unpaired) electrons. The van der Waals surface area contributed by atoms with Gasteiger partial charge in [-0.05, 0) is 50.7 Å². The van der Waals surface area contributed by atoms with Crippen molar-refractivity contribution in [1.82, 2.24) is 0 Å². The van der Waals surface area contributed by atoms with Gasteiger partial charge in [0.15, 0.2) is 0 Å². The average molecular weight is 383 g/mol. The number of benzene rings is 1. The maximum atomic E-state index is 11.3. The summed E-state index contributed by atoms with van der Waals surface area (Å²) in [6, 6.07) is 3.26. The molecule has 1 aliphatic heterocycles. The van der Waals surface area contributed by atoms with Crippen molar-refractivity contribution in [2.75, 3.05) is 0 Å². The minimum Gasteiger partial charge on any atom is -0.478 e. The first kappa shape index (κ1) is 10.9. The van der Waals surface area contributed by atoms with E-state index in [0.29, 0.717) is 14.7 Å². The smallest absolute Gasteiger partial charge is 0.349 e. The molecule has 0 saturated carbocycles. The van der Waals surface area contributed by atoms with E-state index in [2.05, 4.69) is 15.9 Å². The van der Waals surface area contributed by atoms with Crippen LogP contribution in [0.2, 0.25) is 0 Å². The third-order valence-corrected chi connectivity index (χ3v) is 4.63. The van der Waals surface area contributed by atoms with Crippen molar-refractivity contribution in [3.63, 3.8) is 0 Å². The van der Waals surface area contributed by atoms with Crippen LogP contribution in [-0.2, 0) is 9.53 Å². The lowest BCUT2D eigenvalue weighted by atomic mass is 10.1. The molecule has 2 rings (SSSR count). The minimum atomic E-state index is -1.18. The van der Waals surface area contributed by atoms with Crippen molar-refractivity contribution in [3.05, 3.63) is 31.3 Å². The van der Waals surface area contributed by atoms with E-state index in [1.54, 1.807) is 12.1 Å². The van der Waals surface area contributed by atoms with Crippen LogP contribution >= 0.6 is 38.5 Å². The van der Waals surface area contributed by atoms with Gasteiger partial charge < -0.3 is 9.84 Å². The molecule has 1 atom stereocenters. The lowest BCUT2D eigenvalue weighted by Gasteiger charge is -2.07. The van der Waals surface area contributed by atoms with Crippen LogP contribution in [0.15, 0.2) is 16.6 Å². The van der Waals surface area contributed by atoms with Gasteiger partial charge in [0.1, 0.15) is 0 Å². The SMILES string of the molecule is O=C1OC(C(=O)O)c2c1ccc(Br)c2I. The van der Waals surface area contributed by atoms with E-state index in [0.717, 1.165) is 4.47 Å². The number of aliphatic carboxylic acids is 1. The van der Waals surface area contributed by atoms with Crippen LogP contribution in [0.5, 0.6) is 0 Å². The van der Waals surface area contributed by atoms with Crippen molar-refractivity contribution in [3.8, 4) is 0 Å². The number of ether oxygens (including phenoxy) is 1. The summed E-state index contributed by atoms with van der Waals surface area (Å²) in [4.78, 5) is 22.2. The zero-order chi connectivity index (χ0) is 11.2. The first-order valence-electron chi connectivity index (χ1n) is 3.94. The molecule has 1 unspecified atom stereocenters. The number of carboxylic acids is 1. The van der Waals surface area contributed by atoms with Crippen molar-refractivity contribution < 1.29 is 19.4 Å². The van der Waals surface area contributed by atoms with Crippen molar-refractivity contribution in [1.29, 1.82) is 0 Å². The zero-order valence-corrected chi connectivity index (χ0v) is 10.9. The maximum Gasteiger partial charge on any atom is 0.349 e. The molecular weight excluding hydrogens is 379 g/mol. The predicted molar refractivity (Wildman–Crippen MR) is 62.7 cm³/mol. The van der Waals surface area contributed by atoms with Gasteiger partial charge in [-0.3, -0.25) is 0 Å². The van der Waals surface area contributed by atoms with Crippen LogP contribution in [0.1, 0.15) is 22.0 Å². The molecule has 0 amide bonds. The molecule has 1 aromatic rings. The molecule has 0 aromatic heterocycles. The normalized spacial score (nSPS) is 18.5. The Morgan fingerprint density at radius 3 is 2.80 bits per heavy atom. The number of cyclic esters (lactones) is 1. The summed E-state index contributed by atoms with van der Waals surface area (Å²) in [5, 5.41) is 8.90. The second-order valence-corrected chi connectivity index (χ2v) is 4.88. The second kappa shape index (κ2) is 3.75. The van der Waals surface area contributed by atoms with E-state index in [1.807, 2.05) is 22.6 Å². The van der Waals surface area contributed by atoms with Gasteiger partial charge in [0, 0.05) is 13.6 Å². The van der Waals surface area contributed by atoms with E-state index in [1.165, 1.54) is 0 Å². The largest absolute Gasteiger partial charge is 0.478 e. The van der Waals surface area contributed by atoms with Gasteiger partial charge in [-0.25, -0.2) is 9.59 Å². The Kier molecular flexibility index (Phi) is 2.72. The fraction of sp³-hybridized carbons (Fsp3) is 0.111. The van der Waals surface area contributed by atoms with Gasteiger partial charge in [-0.1, -0.05) is 0 Å². The van der Waals surface area contributed by atoms with Gasteiger partial charge in [0.05, 0.1) is 5.56 Å². The number of esters is 1. The summed E-state index contributed by atoms with van der Waals surface area (Å²) in [5.74, 6) is -1.74. The molecule has 0 bridgehead atoms. The Morgan fingerprint density at radius 2 is 2.20 bits per heavy atom. The van der Waals surface area contributed by atoms with Gasteiger partial charge in [0.25, 0.3) is 0 Å². The predicted octanol–water partition coefficient (Wildman–Crippen LogP) is 2.35. The summed E-state index contributed by atoms with van der Waals surface area (Å²) in [5.41, 5.74) is 0.762. The molecule has 0 fully saturated rings. The number of hydrogen-bond acceptors (Lipinski definition) is 3. The van der Waals surface area contributed by atoms with Crippen molar-refractivity contribution in [2.24, 2.45) is 0 Å². The Labute approximate surface area is 107 Å². The van der Waals surface area contributed by atoms with Gasteiger partial charge in [-0.2, -0.15) is 0 Å². The van der Waals surface area contributed by atoms with Crippen LogP contribution in [0.4, 0.5) is 0 Å². The molecule has 1 aliphatic rings. The van der Waals surface area contributed by atoms with Gasteiger partial charge in [0.2, 0.25) is 6.10 Å². The lowest BCUT2D eigenvalue weighted by molar-refractivity contribution is -0.146. The summed E-state index contributed by atoms with van der Waals surface area (Å²) in [6.45, 7) is 0. The highest BCUT2D eigenvalue weighted by atomic mass is 127. The maximum absolute atomic E-state index is 11.3. The highest BCUT2D eigenvalue weighted by Crippen LogP contribution is 2.37. The minimum absolute atomic E-state index is 0.329. The fourth-order valence-electron chi connectivity index (χ4n) is 1.40. The van der Waals surface area contributed by atoms with Crippen LogP contribution in [-0.4, -0.2) is 17.0 Å². The second-order valence-electron chi connectivity index (χ2n) is 2.95. The molecule has 1 aromatic carbocycles. The first-order chi connectivity index (χ1) is 7.02. The molecule has 0 saturated heterocycles. The molecule has 1 heterocycles. The van der Waals surface area contributed by atoms with Gasteiger partial charge >= 0.3 is 11.9 Å². The Morgan fingerprint density at radius 1 is 1.53 bits per heavy atom. The van der Waals surface area contributed by atoms with Gasteiger partial charge in [-0.15, -0.1) is 0 Å². The van der Waals surface area contributed by atoms with E-state index in [4.69, 9.17) is 9.84 Å². The number of fused-ring (bicyclic) bond motifs is 1. The van der Waals surface area contributed by atoms with E-state index in [-0.39, 0.29) is 0 Å². The molecule has 0 aliphatic carbocycles. The monoisotopic (exact) mass is 382 g/mol. The fourth-order valence-corrected chi connectivity index (χ4v) is 2.50. The van der Waals surface area contributed by atoms with Crippen LogP contribution < -0.4 is 0 Å². The number of halogens is 2. The highest BCUT2D eigenvalue weighted by molar-refractivity contribution is 14.1. The molecular formula is C9H4BrIO4. The van der Waals surface area contributed by atoms with Crippen LogP contribution in [0.25, 0.3) is 0 Å². The quantitative estimate of drug-likeness (QED) is 0.598. The summed E-state index contributed by atoms with van der Waals surface area (Å²) in [6.07, 6.45) is -1.18. The van der Waals surface area contributed by atoms with Crippen LogP contribution in [0.3, 0.4) is 0 Å². The number of carbonyl (C=O) groups is 2. The number of carboxylic acid groups (broad SMARTS) is 1. The summed E-state index contributed by atoms with van der Waals surface area (Å²) in [7, 11) is 0. The molecule has 0 spiro atoms. The molecule has 15 heavy (non-hydrogen) atoms. The van der Waals surface area contributed by atoms with E-state index >= 15 is 0 Å². The molecule has 4 nitrogen and oxygen atoms in total. The Bertz CT molecular complexity index is 471. The average Bonchev–Trinajstić information content (AvgIpc) is 2.50.